The summed E-state index contributed by atoms with van der Waals surface area (Å²) in [6.07, 6.45) is 1.23. The van der Waals surface area contributed by atoms with Crippen LogP contribution >= 0.6 is 0 Å². The van der Waals surface area contributed by atoms with Crippen molar-refractivity contribution in [2.45, 2.75) is 67.3 Å². The maximum atomic E-state index is 3.67. The summed E-state index contributed by atoms with van der Waals surface area (Å²) in [6.45, 7) is 23.0. The van der Waals surface area contributed by atoms with E-state index < -0.39 is 0 Å². The summed E-state index contributed by atoms with van der Waals surface area (Å²) >= 11 is 0. The van der Waals surface area contributed by atoms with Crippen LogP contribution in [0.1, 0.15) is 61.8 Å². The van der Waals surface area contributed by atoms with Crippen molar-refractivity contribution in [3.63, 3.8) is 0 Å². The van der Waals surface area contributed by atoms with Crippen molar-refractivity contribution in [2.24, 2.45) is 11.3 Å². The van der Waals surface area contributed by atoms with Crippen molar-refractivity contribution in [3.8, 4) is 0 Å². The van der Waals surface area contributed by atoms with Crippen LogP contribution in [0.3, 0.4) is 0 Å². The second-order valence-corrected chi connectivity index (χ2v) is 7.49. The molecule has 0 spiro atoms. The minimum absolute atomic E-state index is 0.214. The van der Waals surface area contributed by atoms with Crippen LogP contribution in [0, 0.1) is 11.3 Å². The highest BCUT2D eigenvalue weighted by atomic mass is 15.1. The van der Waals surface area contributed by atoms with Gasteiger partial charge >= 0.3 is 0 Å². The molecule has 0 bridgehead atoms. The Morgan fingerprint density at radius 3 is 1.94 bits per heavy atom. The molecule has 0 aliphatic heterocycles. The zero-order chi connectivity index (χ0) is 14.4. The molecule has 0 radical (unpaired) electrons. The van der Waals surface area contributed by atoms with Gasteiger partial charge in [0.2, 0.25) is 0 Å². The SMILES string of the molecule is CCN(CC(C)C)CC(C)(CC)CNC(C)(C)C. The topological polar surface area (TPSA) is 15.3 Å². The Morgan fingerprint density at radius 2 is 1.61 bits per heavy atom. The van der Waals surface area contributed by atoms with Crippen LogP contribution in [0.5, 0.6) is 0 Å². The fourth-order valence-corrected chi connectivity index (χ4v) is 2.13. The molecule has 2 heteroatoms. The molecule has 0 amide bonds. The first-order valence-corrected chi connectivity index (χ1v) is 7.59. The largest absolute Gasteiger partial charge is 0.311 e. The Kier molecular flexibility index (Phi) is 7.46. The van der Waals surface area contributed by atoms with E-state index in [1.54, 1.807) is 0 Å². The van der Waals surface area contributed by atoms with E-state index in [9.17, 15) is 0 Å². The lowest BCUT2D eigenvalue weighted by Crippen LogP contribution is -2.47. The van der Waals surface area contributed by atoms with Crippen LogP contribution in [0.4, 0.5) is 0 Å². The summed E-state index contributed by atoms with van der Waals surface area (Å²) < 4.78 is 0. The van der Waals surface area contributed by atoms with Crippen LogP contribution in [0.2, 0.25) is 0 Å². The average molecular weight is 256 g/mol. The molecule has 0 heterocycles. The lowest BCUT2D eigenvalue weighted by Gasteiger charge is -2.37. The number of hydrogen-bond acceptors (Lipinski definition) is 2. The highest BCUT2D eigenvalue weighted by molar-refractivity contribution is 4.83. The molecular formula is C16H36N2. The summed E-state index contributed by atoms with van der Waals surface area (Å²) in [5.74, 6) is 0.752. The third kappa shape index (κ3) is 8.10. The Hall–Kier alpha value is -0.0800. The van der Waals surface area contributed by atoms with Gasteiger partial charge in [-0.25, -0.2) is 0 Å². The zero-order valence-corrected chi connectivity index (χ0v) is 14.1. The first-order chi connectivity index (χ1) is 8.12. The van der Waals surface area contributed by atoms with Crippen LogP contribution in [0.15, 0.2) is 0 Å². The molecule has 1 N–H and O–H groups in total. The summed E-state index contributed by atoms with van der Waals surface area (Å²) in [5.41, 5.74) is 0.587. The highest BCUT2D eigenvalue weighted by Crippen LogP contribution is 2.23. The zero-order valence-electron chi connectivity index (χ0n) is 14.1. The van der Waals surface area contributed by atoms with Gasteiger partial charge in [-0.05, 0) is 45.1 Å². The van der Waals surface area contributed by atoms with Gasteiger partial charge in [-0.1, -0.05) is 34.6 Å². The third-order valence-electron chi connectivity index (χ3n) is 3.57. The second kappa shape index (κ2) is 7.49. The van der Waals surface area contributed by atoms with Gasteiger partial charge in [-0.15, -0.1) is 0 Å². The van der Waals surface area contributed by atoms with E-state index in [1.807, 2.05) is 0 Å². The van der Waals surface area contributed by atoms with E-state index in [4.69, 9.17) is 0 Å². The van der Waals surface area contributed by atoms with Gasteiger partial charge in [0.15, 0.2) is 0 Å². The standard InChI is InChI=1S/C16H36N2/c1-9-16(8,12-17-15(5,6)7)13-18(10-2)11-14(3)4/h14,17H,9-13H2,1-8H3. The molecule has 0 fully saturated rings. The van der Waals surface area contributed by atoms with Gasteiger partial charge in [0, 0.05) is 25.2 Å². The number of nitrogens with zero attached hydrogens (tertiary/aromatic N) is 1. The summed E-state index contributed by atoms with van der Waals surface area (Å²) in [6, 6.07) is 0. The third-order valence-corrected chi connectivity index (χ3v) is 3.57. The molecule has 1 atom stereocenters. The Bertz CT molecular complexity index is 218. The van der Waals surface area contributed by atoms with Gasteiger partial charge in [-0.2, -0.15) is 0 Å². The summed E-state index contributed by atoms with van der Waals surface area (Å²) in [5, 5.41) is 3.67. The van der Waals surface area contributed by atoms with Gasteiger partial charge in [0.25, 0.3) is 0 Å². The predicted octanol–water partition coefficient (Wildman–Crippen LogP) is 3.77. The molecule has 0 aliphatic carbocycles. The van der Waals surface area contributed by atoms with Gasteiger partial charge < -0.3 is 10.2 Å². The monoisotopic (exact) mass is 256 g/mol. The lowest BCUT2D eigenvalue weighted by molar-refractivity contribution is 0.140. The van der Waals surface area contributed by atoms with Crippen LogP contribution in [-0.2, 0) is 0 Å². The van der Waals surface area contributed by atoms with Crippen LogP contribution in [0.25, 0.3) is 0 Å². The Morgan fingerprint density at radius 1 is 1.06 bits per heavy atom. The van der Waals surface area contributed by atoms with E-state index >= 15 is 0 Å². The predicted molar refractivity (Wildman–Crippen MR) is 83.1 cm³/mol. The summed E-state index contributed by atoms with van der Waals surface area (Å²) in [4.78, 5) is 2.60. The first-order valence-electron chi connectivity index (χ1n) is 7.59. The molecule has 0 aromatic heterocycles. The van der Waals surface area contributed by atoms with Crippen LogP contribution < -0.4 is 5.32 Å². The molecule has 0 saturated carbocycles. The van der Waals surface area contributed by atoms with Crippen molar-refractivity contribution < 1.29 is 0 Å². The molecular weight excluding hydrogens is 220 g/mol. The Balaban J connectivity index is 4.43. The minimum atomic E-state index is 0.214. The quantitative estimate of drug-likeness (QED) is 0.711. The van der Waals surface area contributed by atoms with E-state index in [0.29, 0.717) is 5.41 Å². The van der Waals surface area contributed by atoms with Gasteiger partial charge in [0.05, 0.1) is 0 Å². The molecule has 2 nitrogen and oxygen atoms in total. The average Bonchev–Trinajstić information content (AvgIpc) is 2.24. The van der Waals surface area contributed by atoms with E-state index in [1.165, 1.54) is 19.5 Å². The van der Waals surface area contributed by atoms with Gasteiger partial charge in [0.1, 0.15) is 0 Å². The molecule has 0 rings (SSSR count). The fraction of sp³-hybridized carbons (Fsp3) is 1.00. The molecule has 0 saturated heterocycles. The fourth-order valence-electron chi connectivity index (χ4n) is 2.13. The van der Waals surface area contributed by atoms with Crippen LogP contribution in [-0.4, -0.2) is 36.6 Å². The molecule has 0 aliphatic rings. The molecule has 18 heavy (non-hydrogen) atoms. The summed E-state index contributed by atoms with van der Waals surface area (Å²) in [7, 11) is 0. The van der Waals surface area contributed by atoms with Crippen molar-refractivity contribution in [3.05, 3.63) is 0 Å². The first kappa shape index (κ1) is 17.9. The van der Waals surface area contributed by atoms with Crippen molar-refractivity contribution >= 4 is 0 Å². The van der Waals surface area contributed by atoms with E-state index in [2.05, 4.69) is 65.6 Å². The second-order valence-electron chi connectivity index (χ2n) is 7.49. The molecule has 0 aromatic carbocycles. The lowest BCUT2D eigenvalue weighted by atomic mass is 9.85. The smallest absolute Gasteiger partial charge is 0.00967 e. The van der Waals surface area contributed by atoms with E-state index in [0.717, 1.165) is 19.0 Å². The van der Waals surface area contributed by atoms with Crippen molar-refractivity contribution in [1.82, 2.24) is 10.2 Å². The maximum absolute atomic E-state index is 3.67. The van der Waals surface area contributed by atoms with Crippen molar-refractivity contribution in [2.75, 3.05) is 26.2 Å². The maximum Gasteiger partial charge on any atom is 0.00967 e. The van der Waals surface area contributed by atoms with Crippen molar-refractivity contribution in [1.29, 1.82) is 0 Å². The molecule has 1 unspecified atom stereocenters. The molecule has 0 aromatic rings. The highest BCUT2D eigenvalue weighted by Gasteiger charge is 2.26. The Labute approximate surface area is 116 Å². The number of hydrogen-bond donors (Lipinski definition) is 1. The normalized spacial score (nSPS) is 16.3. The number of rotatable bonds is 8. The number of nitrogens with one attached hydrogen (secondary N) is 1. The molecule has 110 valence electrons. The minimum Gasteiger partial charge on any atom is -0.311 e. The van der Waals surface area contributed by atoms with E-state index in [-0.39, 0.29) is 5.54 Å². The van der Waals surface area contributed by atoms with Gasteiger partial charge in [-0.3, -0.25) is 0 Å².